The molecule has 0 N–H and O–H groups in total. The highest BCUT2D eigenvalue weighted by Crippen LogP contribution is 2.31. The molecule has 24 heavy (non-hydrogen) atoms. The van der Waals surface area contributed by atoms with Crippen LogP contribution < -0.4 is 0 Å². The van der Waals surface area contributed by atoms with Gasteiger partial charge >= 0.3 is 8.80 Å². The maximum absolute atomic E-state index is 12.6. The minimum Gasteiger partial charge on any atom is -0.377 e. The van der Waals surface area contributed by atoms with E-state index in [1.165, 1.54) is 0 Å². The van der Waals surface area contributed by atoms with Crippen molar-refractivity contribution in [2.24, 2.45) is 11.3 Å². The van der Waals surface area contributed by atoms with E-state index in [0.29, 0.717) is 25.3 Å². The number of amides is 1. The molecule has 142 valence electrons. The Kier molecular flexibility index (Phi) is 9.95. The number of Topliss-reactive ketones (excluding diaryl/α,β-unsaturated/α-hetero) is 1. The van der Waals surface area contributed by atoms with Crippen LogP contribution in [0.3, 0.4) is 0 Å². The van der Waals surface area contributed by atoms with Crippen molar-refractivity contribution in [3.05, 3.63) is 0 Å². The zero-order chi connectivity index (χ0) is 19.0. The Labute approximate surface area is 148 Å². The van der Waals surface area contributed by atoms with Crippen molar-refractivity contribution in [2.45, 2.75) is 52.5 Å². The number of carbonyl (C=O) groups excluding carboxylic acids is 2. The molecule has 0 aromatic rings. The fourth-order valence-electron chi connectivity index (χ4n) is 2.86. The molecule has 0 fully saturated rings. The van der Waals surface area contributed by atoms with Gasteiger partial charge in [0.05, 0.1) is 0 Å². The molecule has 0 heterocycles. The predicted octanol–water partition coefficient (Wildman–Crippen LogP) is 2.74. The molecule has 7 heteroatoms. The molecule has 6 nitrogen and oxygen atoms in total. The van der Waals surface area contributed by atoms with Crippen LogP contribution in [0.5, 0.6) is 0 Å². The van der Waals surface area contributed by atoms with E-state index in [-0.39, 0.29) is 17.6 Å². The SMILES string of the molecule is CCC(CC(C)(C)C(=O)CCC[Si](OC)(OC)OC)C(=O)N(C)C. The molecule has 0 aliphatic rings. The summed E-state index contributed by atoms with van der Waals surface area (Å²) in [7, 11) is 5.60. The first kappa shape index (κ1) is 23.2. The fourth-order valence-corrected chi connectivity index (χ4v) is 4.58. The number of ketones is 1. The van der Waals surface area contributed by atoms with E-state index in [1.54, 1.807) is 40.3 Å². The van der Waals surface area contributed by atoms with Crippen molar-refractivity contribution in [2.75, 3.05) is 35.4 Å². The monoisotopic (exact) mass is 361 g/mol. The first-order valence-electron chi connectivity index (χ1n) is 8.49. The third-order valence-electron chi connectivity index (χ3n) is 4.61. The second-order valence-electron chi connectivity index (χ2n) is 7.00. The number of hydrogen-bond donors (Lipinski definition) is 0. The van der Waals surface area contributed by atoms with Gasteiger partial charge in [-0.2, -0.15) is 0 Å². The molecular formula is C17H35NO5Si. The molecular weight excluding hydrogens is 326 g/mol. The van der Waals surface area contributed by atoms with Gasteiger partial charge in [0.25, 0.3) is 0 Å². The summed E-state index contributed by atoms with van der Waals surface area (Å²) >= 11 is 0. The van der Waals surface area contributed by atoms with Crippen LogP contribution in [0.4, 0.5) is 0 Å². The largest absolute Gasteiger partial charge is 0.500 e. The molecule has 1 unspecified atom stereocenters. The second kappa shape index (κ2) is 10.3. The van der Waals surface area contributed by atoms with Gasteiger partial charge in [0.15, 0.2) is 0 Å². The van der Waals surface area contributed by atoms with Gasteiger partial charge in [-0.1, -0.05) is 20.8 Å². The van der Waals surface area contributed by atoms with Crippen LogP contribution in [0, 0.1) is 11.3 Å². The van der Waals surface area contributed by atoms with Gasteiger partial charge in [-0.05, 0) is 19.3 Å². The Bertz CT molecular complexity index is 400. The minimum absolute atomic E-state index is 0.0861. The molecule has 0 spiro atoms. The summed E-state index contributed by atoms with van der Waals surface area (Å²) in [6.07, 6.45) is 2.40. The van der Waals surface area contributed by atoms with Gasteiger partial charge < -0.3 is 18.2 Å². The Morgan fingerprint density at radius 1 is 1.08 bits per heavy atom. The van der Waals surface area contributed by atoms with Crippen LogP contribution in [-0.2, 0) is 22.9 Å². The van der Waals surface area contributed by atoms with Crippen LogP contribution >= 0.6 is 0 Å². The van der Waals surface area contributed by atoms with Crippen molar-refractivity contribution in [3.8, 4) is 0 Å². The molecule has 0 aliphatic carbocycles. The lowest BCUT2D eigenvalue weighted by molar-refractivity contribution is -0.136. The molecule has 0 aromatic heterocycles. The van der Waals surface area contributed by atoms with Gasteiger partial charge in [0.2, 0.25) is 5.91 Å². The number of carbonyl (C=O) groups is 2. The molecule has 1 amide bonds. The van der Waals surface area contributed by atoms with Crippen molar-refractivity contribution >= 4 is 20.5 Å². The lowest BCUT2D eigenvalue weighted by Crippen LogP contribution is -2.42. The molecule has 0 aliphatic heterocycles. The summed E-state index contributed by atoms with van der Waals surface area (Å²) in [5.74, 6) is 0.131. The van der Waals surface area contributed by atoms with Crippen molar-refractivity contribution in [1.29, 1.82) is 0 Å². The lowest BCUT2D eigenvalue weighted by atomic mass is 9.77. The normalized spacial score (nSPS) is 13.7. The molecule has 0 saturated carbocycles. The summed E-state index contributed by atoms with van der Waals surface area (Å²) in [6.45, 7) is 5.84. The molecule has 0 aromatic carbocycles. The Morgan fingerprint density at radius 2 is 1.58 bits per heavy atom. The van der Waals surface area contributed by atoms with Crippen molar-refractivity contribution in [3.63, 3.8) is 0 Å². The number of hydrogen-bond acceptors (Lipinski definition) is 5. The first-order valence-corrected chi connectivity index (χ1v) is 10.4. The zero-order valence-corrected chi connectivity index (χ0v) is 17.6. The summed E-state index contributed by atoms with van der Waals surface area (Å²) < 4.78 is 16.1. The number of rotatable bonds is 12. The Balaban J connectivity index is 4.70. The summed E-state index contributed by atoms with van der Waals surface area (Å²) in [5.41, 5.74) is -0.524. The quantitative estimate of drug-likeness (QED) is 0.500. The lowest BCUT2D eigenvalue weighted by Gasteiger charge is -2.29. The minimum atomic E-state index is -2.63. The first-order chi connectivity index (χ1) is 11.1. The van der Waals surface area contributed by atoms with Crippen LogP contribution in [0.15, 0.2) is 0 Å². The van der Waals surface area contributed by atoms with Crippen molar-refractivity contribution < 1.29 is 22.9 Å². The Morgan fingerprint density at radius 3 is 1.96 bits per heavy atom. The van der Waals surface area contributed by atoms with Gasteiger partial charge in [-0.25, -0.2) is 0 Å². The zero-order valence-electron chi connectivity index (χ0n) is 16.6. The summed E-state index contributed by atoms with van der Waals surface area (Å²) in [4.78, 5) is 26.4. The van der Waals surface area contributed by atoms with Gasteiger partial charge in [-0.15, -0.1) is 0 Å². The fraction of sp³-hybridized carbons (Fsp3) is 0.882. The summed E-state index contributed by atoms with van der Waals surface area (Å²) in [6, 6.07) is 0.603. The van der Waals surface area contributed by atoms with E-state index in [1.807, 2.05) is 20.8 Å². The highest BCUT2D eigenvalue weighted by Gasteiger charge is 2.38. The molecule has 0 saturated heterocycles. The van der Waals surface area contributed by atoms with Crippen molar-refractivity contribution in [1.82, 2.24) is 4.90 Å². The summed E-state index contributed by atoms with van der Waals surface area (Å²) in [5, 5.41) is 0. The van der Waals surface area contributed by atoms with Crippen LogP contribution in [0.25, 0.3) is 0 Å². The number of nitrogens with zero attached hydrogens (tertiary/aromatic N) is 1. The van der Waals surface area contributed by atoms with E-state index in [4.69, 9.17) is 13.3 Å². The van der Waals surface area contributed by atoms with Crippen LogP contribution in [-0.4, -0.2) is 60.8 Å². The molecule has 0 radical (unpaired) electrons. The van der Waals surface area contributed by atoms with Gasteiger partial charge in [0.1, 0.15) is 5.78 Å². The molecule has 0 rings (SSSR count). The van der Waals surface area contributed by atoms with Gasteiger partial charge in [-0.3, -0.25) is 9.59 Å². The maximum atomic E-state index is 12.6. The smallest absolute Gasteiger partial charge is 0.377 e. The topological polar surface area (TPSA) is 65.1 Å². The van der Waals surface area contributed by atoms with Crippen LogP contribution in [0.2, 0.25) is 6.04 Å². The second-order valence-corrected chi connectivity index (χ2v) is 10.1. The predicted molar refractivity (Wildman–Crippen MR) is 96.7 cm³/mol. The standard InChI is InChI=1S/C17H35NO5Si/c1-9-14(16(20)18(4)5)13-17(2,3)15(19)11-10-12-24(21-6,22-7)23-8/h14H,9-13H2,1-8H3. The highest BCUT2D eigenvalue weighted by molar-refractivity contribution is 6.60. The molecule has 1 atom stereocenters. The van der Waals surface area contributed by atoms with E-state index >= 15 is 0 Å². The van der Waals surface area contributed by atoms with E-state index in [9.17, 15) is 9.59 Å². The third-order valence-corrected chi connectivity index (χ3v) is 7.45. The Hall–Kier alpha value is -0.763. The van der Waals surface area contributed by atoms with Crippen LogP contribution in [0.1, 0.15) is 46.5 Å². The average molecular weight is 362 g/mol. The highest BCUT2D eigenvalue weighted by atomic mass is 28.4. The van der Waals surface area contributed by atoms with E-state index in [0.717, 1.165) is 6.42 Å². The third kappa shape index (κ3) is 6.62. The van der Waals surface area contributed by atoms with E-state index in [2.05, 4.69) is 0 Å². The van der Waals surface area contributed by atoms with Gasteiger partial charge in [0, 0.05) is 59.2 Å². The molecule has 0 bridgehead atoms. The van der Waals surface area contributed by atoms with E-state index < -0.39 is 14.2 Å². The maximum Gasteiger partial charge on any atom is 0.500 e. The average Bonchev–Trinajstić information content (AvgIpc) is 2.56.